The predicted octanol–water partition coefficient (Wildman–Crippen LogP) is 2.95. The number of rotatable bonds is 8. The van der Waals surface area contributed by atoms with Crippen molar-refractivity contribution in [3.05, 3.63) is 59.7 Å². The summed E-state index contributed by atoms with van der Waals surface area (Å²) >= 11 is 0. The molecule has 0 aliphatic carbocycles. The van der Waals surface area contributed by atoms with Gasteiger partial charge in [0.2, 0.25) is 0 Å². The van der Waals surface area contributed by atoms with Crippen molar-refractivity contribution in [3.63, 3.8) is 0 Å². The second kappa shape index (κ2) is 9.66. The van der Waals surface area contributed by atoms with Crippen LogP contribution in [0.4, 0.5) is 0 Å². The summed E-state index contributed by atoms with van der Waals surface area (Å²) in [5.41, 5.74) is 1.51. The molecule has 0 saturated carbocycles. The summed E-state index contributed by atoms with van der Waals surface area (Å²) in [5.74, 6) is 0.779. The maximum absolute atomic E-state index is 10.1. The van der Waals surface area contributed by atoms with Gasteiger partial charge in [-0.15, -0.1) is 0 Å². The Morgan fingerprint density at radius 1 is 0.778 bits per heavy atom. The molecule has 0 spiro atoms. The molecule has 2 atom stereocenters. The molecular formula is C21H24O6. The van der Waals surface area contributed by atoms with Gasteiger partial charge >= 0.3 is 0 Å². The van der Waals surface area contributed by atoms with Crippen LogP contribution in [0.2, 0.25) is 0 Å². The molecule has 0 bridgehead atoms. The SMILES string of the molecule is COc1cc(C=CC(O)CC(O)C=Cc2ccc(O)c(OC)c2)ccc1O. The van der Waals surface area contributed by atoms with Crippen molar-refractivity contribution in [2.24, 2.45) is 0 Å². The number of aliphatic hydroxyl groups excluding tert-OH is 2. The molecule has 2 aromatic carbocycles. The smallest absolute Gasteiger partial charge is 0.161 e. The van der Waals surface area contributed by atoms with Gasteiger partial charge in [-0.05, 0) is 35.4 Å². The van der Waals surface area contributed by atoms with E-state index in [2.05, 4.69) is 0 Å². The summed E-state index contributed by atoms with van der Waals surface area (Å²) in [6.07, 6.45) is 4.93. The number of phenolic OH excluding ortho intramolecular Hbond substituents is 2. The summed E-state index contributed by atoms with van der Waals surface area (Å²) in [6, 6.07) is 9.69. The first-order chi connectivity index (χ1) is 12.9. The van der Waals surface area contributed by atoms with Gasteiger partial charge < -0.3 is 29.9 Å². The largest absolute Gasteiger partial charge is 0.504 e. The molecule has 4 N–H and O–H groups in total. The lowest BCUT2D eigenvalue weighted by molar-refractivity contribution is 0.134. The number of hydrogen-bond donors (Lipinski definition) is 4. The van der Waals surface area contributed by atoms with Crippen LogP contribution >= 0.6 is 0 Å². The summed E-state index contributed by atoms with van der Waals surface area (Å²) < 4.78 is 10.1. The van der Waals surface area contributed by atoms with Crippen LogP contribution in [-0.4, -0.2) is 46.9 Å². The third-order valence-corrected chi connectivity index (χ3v) is 3.91. The highest BCUT2D eigenvalue weighted by Gasteiger charge is 2.07. The minimum Gasteiger partial charge on any atom is -0.504 e. The van der Waals surface area contributed by atoms with E-state index in [1.807, 2.05) is 0 Å². The standard InChI is InChI=1S/C21H24O6/c1-26-20-11-14(5-9-18(20)24)3-7-16(22)13-17(23)8-4-15-6-10-19(25)21(12-15)27-2/h3-12,16-17,22-25H,13H2,1-2H3. The van der Waals surface area contributed by atoms with Gasteiger partial charge in [-0.2, -0.15) is 0 Å². The summed E-state index contributed by atoms with van der Waals surface area (Å²) in [4.78, 5) is 0. The molecule has 27 heavy (non-hydrogen) atoms. The molecule has 0 heterocycles. The normalized spacial score (nSPS) is 13.8. The number of benzene rings is 2. The molecule has 2 rings (SSSR count). The Balaban J connectivity index is 1.94. The first-order valence-electron chi connectivity index (χ1n) is 8.39. The Kier molecular flexibility index (Phi) is 7.28. The van der Waals surface area contributed by atoms with Gasteiger partial charge in [0.05, 0.1) is 26.4 Å². The van der Waals surface area contributed by atoms with Gasteiger partial charge in [0.15, 0.2) is 23.0 Å². The monoisotopic (exact) mass is 372 g/mol. The van der Waals surface area contributed by atoms with Gasteiger partial charge in [0, 0.05) is 6.42 Å². The van der Waals surface area contributed by atoms with Crippen molar-refractivity contribution in [2.75, 3.05) is 14.2 Å². The second-order valence-electron chi connectivity index (χ2n) is 5.95. The Hall–Kier alpha value is -2.96. The lowest BCUT2D eigenvalue weighted by atomic mass is 10.1. The van der Waals surface area contributed by atoms with Crippen molar-refractivity contribution < 1.29 is 29.9 Å². The fourth-order valence-corrected chi connectivity index (χ4v) is 2.44. The number of phenols is 2. The number of ether oxygens (including phenoxy) is 2. The van der Waals surface area contributed by atoms with Crippen LogP contribution in [0.1, 0.15) is 17.5 Å². The predicted molar refractivity (Wildman–Crippen MR) is 104 cm³/mol. The molecule has 0 fully saturated rings. The van der Waals surface area contributed by atoms with Crippen molar-refractivity contribution >= 4 is 12.2 Å². The van der Waals surface area contributed by atoms with Crippen LogP contribution in [0.25, 0.3) is 12.2 Å². The molecule has 0 aliphatic rings. The molecule has 144 valence electrons. The zero-order chi connectivity index (χ0) is 19.8. The Morgan fingerprint density at radius 3 is 1.56 bits per heavy atom. The fourth-order valence-electron chi connectivity index (χ4n) is 2.44. The van der Waals surface area contributed by atoms with E-state index in [0.29, 0.717) is 11.5 Å². The van der Waals surface area contributed by atoms with Crippen LogP contribution in [0.15, 0.2) is 48.6 Å². The van der Waals surface area contributed by atoms with Crippen molar-refractivity contribution in [3.8, 4) is 23.0 Å². The van der Waals surface area contributed by atoms with Crippen LogP contribution in [0, 0.1) is 0 Å². The van der Waals surface area contributed by atoms with E-state index in [0.717, 1.165) is 11.1 Å². The molecule has 0 aromatic heterocycles. The molecule has 2 aromatic rings. The minimum atomic E-state index is -0.848. The number of aromatic hydroxyl groups is 2. The minimum absolute atomic E-state index is 0.0432. The number of methoxy groups -OCH3 is 2. The maximum Gasteiger partial charge on any atom is 0.161 e. The quantitative estimate of drug-likeness (QED) is 0.569. The molecule has 0 radical (unpaired) electrons. The Labute approximate surface area is 158 Å². The average Bonchev–Trinajstić information content (AvgIpc) is 2.66. The van der Waals surface area contributed by atoms with Crippen LogP contribution < -0.4 is 9.47 Å². The molecule has 0 amide bonds. The number of hydrogen-bond acceptors (Lipinski definition) is 6. The highest BCUT2D eigenvalue weighted by molar-refractivity contribution is 5.57. The van der Waals surface area contributed by atoms with Crippen molar-refractivity contribution in [1.82, 2.24) is 0 Å². The fraction of sp³-hybridized carbons (Fsp3) is 0.238. The number of aliphatic hydroxyl groups is 2. The topological polar surface area (TPSA) is 99.4 Å². The lowest BCUT2D eigenvalue weighted by Gasteiger charge is -2.10. The molecule has 0 aliphatic heterocycles. The molecule has 6 nitrogen and oxygen atoms in total. The van der Waals surface area contributed by atoms with E-state index >= 15 is 0 Å². The van der Waals surface area contributed by atoms with Crippen molar-refractivity contribution in [2.45, 2.75) is 18.6 Å². The van der Waals surface area contributed by atoms with E-state index in [9.17, 15) is 20.4 Å². The van der Waals surface area contributed by atoms with Crippen molar-refractivity contribution in [1.29, 1.82) is 0 Å². The molecule has 2 unspecified atom stereocenters. The van der Waals surface area contributed by atoms with E-state index in [-0.39, 0.29) is 17.9 Å². The van der Waals surface area contributed by atoms with E-state index in [1.165, 1.54) is 26.4 Å². The molecule has 0 saturated heterocycles. The van der Waals surface area contributed by atoms with E-state index < -0.39 is 12.2 Å². The first-order valence-corrected chi connectivity index (χ1v) is 8.39. The zero-order valence-corrected chi connectivity index (χ0v) is 15.2. The van der Waals surface area contributed by atoms with Crippen LogP contribution in [0.3, 0.4) is 0 Å². The van der Waals surface area contributed by atoms with Gasteiger partial charge in [-0.3, -0.25) is 0 Å². The lowest BCUT2D eigenvalue weighted by Crippen LogP contribution is -2.13. The summed E-state index contributed by atoms with van der Waals surface area (Å²) in [6.45, 7) is 0. The molecular weight excluding hydrogens is 348 g/mol. The van der Waals surface area contributed by atoms with Gasteiger partial charge in [-0.25, -0.2) is 0 Å². The third-order valence-electron chi connectivity index (χ3n) is 3.91. The van der Waals surface area contributed by atoms with E-state index in [1.54, 1.807) is 48.6 Å². The average molecular weight is 372 g/mol. The van der Waals surface area contributed by atoms with E-state index in [4.69, 9.17) is 9.47 Å². The zero-order valence-electron chi connectivity index (χ0n) is 15.2. The van der Waals surface area contributed by atoms with Crippen LogP contribution in [0.5, 0.6) is 23.0 Å². The second-order valence-corrected chi connectivity index (χ2v) is 5.95. The molecule has 6 heteroatoms. The van der Waals surface area contributed by atoms with Gasteiger partial charge in [0.25, 0.3) is 0 Å². The van der Waals surface area contributed by atoms with Crippen LogP contribution in [-0.2, 0) is 0 Å². The maximum atomic E-state index is 10.1. The summed E-state index contributed by atoms with van der Waals surface area (Å²) in [7, 11) is 2.92. The highest BCUT2D eigenvalue weighted by Crippen LogP contribution is 2.27. The summed E-state index contributed by atoms with van der Waals surface area (Å²) in [5, 5.41) is 39.3. The Bertz CT molecular complexity index is 745. The first kappa shape index (κ1) is 20.4. The third kappa shape index (κ3) is 6.06. The van der Waals surface area contributed by atoms with Gasteiger partial charge in [-0.1, -0.05) is 36.4 Å². The van der Waals surface area contributed by atoms with Gasteiger partial charge in [0.1, 0.15) is 0 Å². The Morgan fingerprint density at radius 2 is 1.19 bits per heavy atom. The highest BCUT2D eigenvalue weighted by atomic mass is 16.5.